The van der Waals surface area contributed by atoms with Crippen LogP contribution >= 0.6 is 0 Å². The van der Waals surface area contributed by atoms with Gasteiger partial charge in [0, 0.05) is 35.0 Å². The number of nitrogens with zero attached hydrogens (tertiary/aromatic N) is 1. The van der Waals surface area contributed by atoms with E-state index in [1.165, 1.54) is 24.3 Å². The molecule has 166 valence electrons. The lowest BCUT2D eigenvalue weighted by Gasteiger charge is -2.19. The standard InChI is InChI=1S/C21H17F3N4O3S/c22-21(23,24)14-11-25-19(10-17(14)27-16-3-1-2-4-18(16)32(30)31)26-13-6-7-15-12(9-13)5-8-20(29)28-15/h1-4,6-7,9-11H,5,8H2,(H,28,29)(H,30,31)(H2,25,26,27)/p-1. The number of fused-ring (bicyclic) bond motifs is 1. The average molecular weight is 461 g/mol. The zero-order valence-electron chi connectivity index (χ0n) is 16.3. The highest BCUT2D eigenvalue weighted by Crippen LogP contribution is 2.38. The molecule has 2 heterocycles. The summed E-state index contributed by atoms with van der Waals surface area (Å²) in [7, 11) is 0. The fourth-order valence-corrected chi connectivity index (χ4v) is 3.81. The van der Waals surface area contributed by atoms with Crippen molar-refractivity contribution in [3.8, 4) is 0 Å². The predicted molar refractivity (Wildman–Crippen MR) is 113 cm³/mol. The number of carbonyl (C=O) groups is 1. The Morgan fingerprint density at radius 3 is 2.56 bits per heavy atom. The Bertz CT molecular complexity index is 1220. The molecule has 1 atom stereocenters. The van der Waals surface area contributed by atoms with Crippen molar-refractivity contribution in [2.75, 3.05) is 16.0 Å². The van der Waals surface area contributed by atoms with Crippen LogP contribution in [0.15, 0.2) is 59.6 Å². The number of pyridine rings is 1. The molecule has 0 fully saturated rings. The van der Waals surface area contributed by atoms with E-state index < -0.39 is 22.8 Å². The molecule has 0 bridgehead atoms. The lowest BCUT2D eigenvalue weighted by molar-refractivity contribution is -0.137. The van der Waals surface area contributed by atoms with Crippen LogP contribution in [-0.4, -0.2) is 19.7 Å². The highest BCUT2D eigenvalue weighted by Gasteiger charge is 2.34. The van der Waals surface area contributed by atoms with Crippen LogP contribution in [-0.2, 0) is 28.5 Å². The van der Waals surface area contributed by atoms with E-state index in [0.717, 1.165) is 11.6 Å². The Balaban J connectivity index is 1.67. The van der Waals surface area contributed by atoms with E-state index in [4.69, 9.17) is 0 Å². The number of rotatable bonds is 5. The smallest absolute Gasteiger partial charge is 0.419 e. The maximum absolute atomic E-state index is 13.5. The summed E-state index contributed by atoms with van der Waals surface area (Å²) >= 11 is -2.64. The quantitative estimate of drug-likeness (QED) is 0.475. The summed E-state index contributed by atoms with van der Waals surface area (Å²) in [6.07, 6.45) is -3.12. The first kappa shape index (κ1) is 21.8. The fraction of sp³-hybridized carbons (Fsp3) is 0.143. The Hall–Kier alpha value is -3.44. The largest absolute Gasteiger partial charge is 0.768 e. The summed E-state index contributed by atoms with van der Waals surface area (Å²) in [5.74, 6) is 0.0543. The van der Waals surface area contributed by atoms with Crippen LogP contribution in [0.25, 0.3) is 0 Å². The number of nitrogens with one attached hydrogen (secondary N) is 3. The first-order chi connectivity index (χ1) is 15.2. The van der Waals surface area contributed by atoms with E-state index >= 15 is 0 Å². The van der Waals surface area contributed by atoms with E-state index in [0.29, 0.717) is 30.4 Å². The molecule has 32 heavy (non-hydrogen) atoms. The van der Waals surface area contributed by atoms with Gasteiger partial charge in [0.25, 0.3) is 0 Å². The van der Waals surface area contributed by atoms with Crippen LogP contribution in [0.1, 0.15) is 17.5 Å². The molecule has 11 heteroatoms. The lowest BCUT2D eigenvalue weighted by atomic mass is 10.0. The molecule has 3 N–H and O–H groups in total. The molecule has 0 saturated heterocycles. The van der Waals surface area contributed by atoms with Crippen LogP contribution < -0.4 is 16.0 Å². The molecule has 0 radical (unpaired) electrons. The molecule has 4 rings (SSSR count). The molecule has 3 aromatic rings. The molecule has 1 amide bonds. The lowest BCUT2D eigenvalue weighted by Crippen LogP contribution is -2.18. The van der Waals surface area contributed by atoms with Crippen LogP contribution in [0.4, 0.5) is 41.7 Å². The zero-order chi connectivity index (χ0) is 22.9. The van der Waals surface area contributed by atoms with Gasteiger partial charge >= 0.3 is 6.18 Å². The summed E-state index contributed by atoms with van der Waals surface area (Å²) in [5, 5.41) is 8.28. The van der Waals surface area contributed by atoms with E-state index in [2.05, 4.69) is 20.9 Å². The van der Waals surface area contributed by atoms with Crippen molar-refractivity contribution in [3.63, 3.8) is 0 Å². The second-order valence-corrected chi connectivity index (χ2v) is 7.92. The van der Waals surface area contributed by atoms with E-state index in [-0.39, 0.29) is 28.0 Å². The van der Waals surface area contributed by atoms with Gasteiger partial charge in [-0.15, -0.1) is 0 Å². The first-order valence-electron chi connectivity index (χ1n) is 9.43. The molecule has 1 aliphatic rings. The third-order valence-corrected chi connectivity index (χ3v) is 5.53. The Morgan fingerprint density at radius 1 is 1.03 bits per heavy atom. The predicted octanol–water partition coefficient (Wildman–Crippen LogP) is 4.71. The molecule has 0 aliphatic carbocycles. The molecule has 0 saturated carbocycles. The monoisotopic (exact) mass is 461 g/mol. The fourth-order valence-electron chi connectivity index (χ4n) is 3.32. The zero-order valence-corrected chi connectivity index (χ0v) is 17.1. The number of halogens is 3. The number of carbonyl (C=O) groups excluding carboxylic acids is 1. The highest BCUT2D eigenvalue weighted by atomic mass is 32.2. The minimum Gasteiger partial charge on any atom is -0.768 e. The molecule has 1 aliphatic heterocycles. The van der Waals surface area contributed by atoms with Crippen molar-refractivity contribution in [1.82, 2.24) is 4.98 Å². The van der Waals surface area contributed by atoms with Gasteiger partial charge in [-0.1, -0.05) is 12.1 Å². The Kier molecular flexibility index (Phi) is 5.85. The van der Waals surface area contributed by atoms with Gasteiger partial charge in [-0.05, 0) is 53.4 Å². The number of amides is 1. The van der Waals surface area contributed by atoms with Crippen molar-refractivity contribution in [2.24, 2.45) is 0 Å². The van der Waals surface area contributed by atoms with Gasteiger partial charge in [0.2, 0.25) is 5.91 Å². The first-order valence-corrected chi connectivity index (χ1v) is 10.5. The number of aromatic nitrogens is 1. The maximum atomic E-state index is 13.5. The maximum Gasteiger partial charge on any atom is 0.419 e. The molecule has 1 aromatic heterocycles. The van der Waals surface area contributed by atoms with E-state index in [1.807, 2.05) is 0 Å². The molecular formula is C21H16F3N4O3S-. The Morgan fingerprint density at radius 2 is 1.81 bits per heavy atom. The SMILES string of the molecule is O=C1CCc2cc(Nc3cc(Nc4ccccc4S(=O)[O-])c(C(F)(F)F)cn3)ccc2N1. The van der Waals surface area contributed by atoms with Gasteiger partial charge in [-0.25, -0.2) is 4.98 Å². The van der Waals surface area contributed by atoms with Gasteiger partial charge < -0.3 is 20.5 Å². The van der Waals surface area contributed by atoms with Crippen molar-refractivity contribution in [1.29, 1.82) is 0 Å². The molecular weight excluding hydrogens is 445 g/mol. The number of hydrogen-bond donors (Lipinski definition) is 3. The normalized spacial score (nSPS) is 14.3. The molecule has 7 nitrogen and oxygen atoms in total. The van der Waals surface area contributed by atoms with E-state index in [1.54, 1.807) is 18.2 Å². The van der Waals surface area contributed by atoms with Crippen molar-refractivity contribution < 1.29 is 26.7 Å². The summed E-state index contributed by atoms with van der Waals surface area (Å²) in [4.78, 5) is 15.2. The minimum absolute atomic E-state index is 0.00741. The topological polar surface area (TPSA) is 106 Å². The second-order valence-electron chi connectivity index (χ2n) is 7.01. The van der Waals surface area contributed by atoms with Crippen LogP contribution in [0, 0.1) is 0 Å². The third kappa shape index (κ3) is 4.73. The van der Waals surface area contributed by atoms with Crippen LogP contribution in [0.2, 0.25) is 0 Å². The molecule has 0 spiro atoms. The van der Waals surface area contributed by atoms with E-state index in [9.17, 15) is 26.7 Å². The van der Waals surface area contributed by atoms with Crippen LogP contribution in [0.3, 0.4) is 0 Å². The van der Waals surface area contributed by atoms with Crippen molar-refractivity contribution in [3.05, 3.63) is 65.9 Å². The number of aryl methyl sites for hydroxylation is 1. The number of hydrogen-bond acceptors (Lipinski definition) is 6. The third-order valence-electron chi connectivity index (χ3n) is 4.82. The second kappa shape index (κ2) is 8.60. The van der Waals surface area contributed by atoms with Gasteiger partial charge in [-0.2, -0.15) is 13.2 Å². The number of anilines is 5. The number of para-hydroxylation sites is 1. The summed E-state index contributed by atoms with van der Waals surface area (Å²) < 4.78 is 63.5. The van der Waals surface area contributed by atoms with Gasteiger partial charge in [0.15, 0.2) is 0 Å². The Labute approximate surface area is 183 Å². The average Bonchev–Trinajstić information content (AvgIpc) is 2.73. The van der Waals surface area contributed by atoms with Crippen LogP contribution in [0.5, 0.6) is 0 Å². The summed E-state index contributed by atoms with van der Waals surface area (Å²) in [5.41, 5.74) is 0.788. The summed E-state index contributed by atoms with van der Waals surface area (Å²) in [6, 6.07) is 12.0. The van der Waals surface area contributed by atoms with Crippen molar-refractivity contribution >= 4 is 45.6 Å². The number of benzene rings is 2. The number of alkyl halides is 3. The van der Waals surface area contributed by atoms with Crippen molar-refractivity contribution in [2.45, 2.75) is 23.9 Å². The highest BCUT2D eigenvalue weighted by molar-refractivity contribution is 7.79. The minimum atomic E-state index is -4.70. The van der Waals surface area contributed by atoms with Gasteiger partial charge in [0.1, 0.15) is 5.82 Å². The molecule has 1 unspecified atom stereocenters. The molecule has 2 aromatic carbocycles. The van der Waals surface area contributed by atoms with Gasteiger partial charge in [-0.3, -0.25) is 9.00 Å². The summed E-state index contributed by atoms with van der Waals surface area (Å²) in [6.45, 7) is 0. The van der Waals surface area contributed by atoms with Gasteiger partial charge in [0.05, 0.1) is 16.9 Å².